The highest BCUT2D eigenvalue weighted by Gasteiger charge is 2.30. The van der Waals surface area contributed by atoms with Crippen molar-refractivity contribution < 1.29 is 0 Å². The zero-order valence-electron chi connectivity index (χ0n) is 13.3. The maximum atomic E-state index is 3.58. The predicted molar refractivity (Wildman–Crippen MR) is 81.8 cm³/mol. The van der Waals surface area contributed by atoms with Crippen LogP contribution in [0.2, 0.25) is 0 Å². The molecular formula is C17H35N. The van der Waals surface area contributed by atoms with Crippen LogP contribution in [0.4, 0.5) is 0 Å². The minimum atomic E-state index is 0.785. The van der Waals surface area contributed by atoms with Gasteiger partial charge < -0.3 is 5.32 Å². The van der Waals surface area contributed by atoms with Crippen molar-refractivity contribution in [1.82, 2.24) is 5.32 Å². The van der Waals surface area contributed by atoms with Crippen LogP contribution in [0.15, 0.2) is 0 Å². The van der Waals surface area contributed by atoms with E-state index < -0.39 is 0 Å². The number of hydrogen-bond acceptors (Lipinski definition) is 1. The summed E-state index contributed by atoms with van der Waals surface area (Å²) >= 11 is 0. The molecule has 1 nitrogen and oxygen atoms in total. The lowest BCUT2D eigenvalue weighted by molar-refractivity contribution is 0.169. The highest BCUT2D eigenvalue weighted by atomic mass is 14.9. The molecule has 4 atom stereocenters. The summed E-state index contributed by atoms with van der Waals surface area (Å²) in [7, 11) is 2.16. The van der Waals surface area contributed by atoms with E-state index in [0.29, 0.717) is 0 Å². The molecule has 0 aromatic heterocycles. The molecule has 1 rings (SSSR count). The molecule has 4 unspecified atom stereocenters. The molecule has 0 heterocycles. The third kappa shape index (κ3) is 5.30. The largest absolute Gasteiger partial charge is 0.317 e. The summed E-state index contributed by atoms with van der Waals surface area (Å²) in [5.74, 6) is 3.68. The van der Waals surface area contributed by atoms with E-state index in [0.717, 1.165) is 29.7 Å². The van der Waals surface area contributed by atoms with Gasteiger partial charge in [0, 0.05) is 6.04 Å². The van der Waals surface area contributed by atoms with Crippen molar-refractivity contribution in [3.63, 3.8) is 0 Å². The molecule has 1 saturated carbocycles. The lowest BCUT2D eigenvalue weighted by atomic mass is 9.72. The lowest BCUT2D eigenvalue weighted by Crippen LogP contribution is -2.39. The van der Waals surface area contributed by atoms with Crippen molar-refractivity contribution in [2.24, 2.45) is 23.7 Å². The highest BCUT2D eigenvalue weighted by Crippen LogP contribution is 2.36. The molecule has 1 heteroatoms. The second-order valence-electron chi connectivity index (χ2n) is 7.09. The topological polar surface area (TPSA) is 12.0 Å². The summed E-state index contributed by atoms with van der Waals surface area (Å²) in [6, 6.07) is 0.785. The molecule has 1 aliphatic rings. The van der Waals surface area contributed by atoms with Crippen molar-refractivity contribution in [3.05, 3.63) is 0 Å². The average molecular weight is 253 g/mol. The Morgan fingerprint density at radius 2 is 1.89 bits per heavy atom. The smallest absolute Gasteiger partial charge is 0.00926 e. The minimum absolute atomic E-state index is 0.785. The van der Waals surface area contributed by atoms with E-state index in [9.17, 15) is 0 Å². The molecular weight excluding hydrogens is 218 g/mol. The van der Waals surface area contributed by atoms with Crippen molar-refractivity contribution in [1.29, 1.82) is 0 Å². The van der Waals surface area contributed by atoms with E-state index in [1.165, 1.54) is 44.9 Å². The first-order valence-electron chi connectivity index (χ1n) is 8.24. The summed E-state index contributed by atoms with van der Waals surface area (Å²) < 4.78 is 0. The van der Waals surface area contributed by atoms with Gasteiger partial charge in [0.15, 0.2) is 0 Å². The molecule has 0 bridgehead atoms. The fourth-order valence-corrected chi connectivity index (χ4v) is 4.09. The van der Waals surface area contributed by atoms with E-state index in [1.807, 2.05) is 0 Å². The normalized spacial score (nSPS) is 30.7. The highest BCUT2D eigenvalue weighted by molar-refractivity contribution is 4.85. The van der Waals surface area contributed by atoms with E-state index >= 15 is 0 Å². The lowest BCUT2D eigenvalue weighted by Gasteiger charge is -2.37. The summed E-state index contributed by atoms with van der Waals surface area (Å²) in [5, 5.41) is 3.58. The fourth-order valence-electron chi connectivity index (χ4n) is 4.09. The molecule has 0 amide bonds. The Hall–Kier alpha value is -0.0400. The van der Waals surface area contributed by atoms with Crippen molar-refractivity contribution in [2.45, 2.75) is 78.7 Å². The van der Waals surface area contributed by atoms with Crippen molar-refractivity contribution in [3.8, 4) is 0 Å². The van der Waals surface area contributed by atoms with Gasteiger partial charge in [0.1, 0.15) is 0 Å². The fraction of sp³-hybridized carbons (Fsp3) is 1.00. The van der Waals surface area contributed by atoms with Crippen LogP contribution in [0.5, 0.6) is 0 Å². The van der Waals surface area contributed by atoms with Crippen LogP contribution < -0.4 is 5.32 Å². The van der Waals surface area contributed by atoms with Gasteiger partial charge in [0.2, 0.25) is 0 Å². The number of nitrogens with one attached hydrogen (secondary N) is 1. The van der Waals surface area contributed by atoms with E-state index in [1.54, 1.807) is 0 Å². The molecule has 1 aliphatic carbocycles. The van der Waals surface area contributed by atoms with Crippen LogP contribution in [0, 0.1) is 23.7 Å². The summed E-state index contributed by atoms with van der Waals surface area (Å²) in [6.45, 7) is 9.50. The van der Waals surface area contributed by atoms with Gasteiger partial charge in [-0.05, 0) is 62.8 Å². The summed E-state index contributed by atoms with van der Waals surface area (Å²) in [6.07, 6.45) is 9.97. The zero-order valence-corrected chi connectivity index (χ0v) is 13.3. The zero-order chi connectivity index (χ0) is 13.5. The quantitative estimate of drug-likeness (QED) is 0.683. The maximum absolute atomic E-state index is 3.58. The molecule has 1 fully saturated rings. The number of hydrogen-bond donors (Lipinski definition) is 1. The molecule has 0 aliphatic heterocycles. The number of rotatable bonds is 7. The van der Waals surface area contributed by atoms with E-state index in [-0.39, 0.29) is 0 Å². The van der Waals surface area contributed by atoms with Crippen LogP contribution in [0.3, 0.4) is 0 Å². The van der Waals surface area contributed by atoms with Gasteiger partial charge in [-0.2, -0.15) is 0 Å². The predicted octanol–water partition coefficient (Wildman–Crippen LogP) is 4.86. The molecule has 0 spiro atoms. The van der Waals surface area contributed by atoms with Gasteiger partial charge in [-0.3, -0.25) is 0 Å². The van der Waals surface area contributed by atoms with Gasteiger partial charge in [-0.25, -0.2) is 0 Å². The van der Waals surface area contributed by atoms with E-state index in [4.69, 9.17) is 0 Å². The first-order valence-corrected chi connectivity index (χ1v) is 8.24. The second kappa shape index (κ2) is 8.19. The van der Waals surface area contributed by atoms with Gasteiger partial charge >= 0.3 is 0 Å². The van der Waals surface area contributed by atoms with E-state index in [2.05, 4.69) is 40.1 Å². The standard InChI is InChI=1S/C17H35N/c1-6-7-15-8-9-17(18-5)16(12-15)11-14(4)10-13(2)3/h13-18H,6-12H2,1-5H3. The molecule has 18 heavy (non-hydrogen) atoms. The minimum Gasteiger partial charge on any atom is -0.317 e. The Balaban J connectivity index is 2.46. The summed E-state index contributed by atoms with van der Waals surface area (Å²) in [5.41, 5.74) is 0. The second-order valence-corrected chi connectivity index (χ2v) is 7.09. The molecule has 0 aromatic rings. The van der Waals surface area contributed by atoms with Gasteiger partial charge in [0.25, 0.3) is 0 Å². The Morgan fingerprint density at radius 3 is 2.44 bits per heavy atom. The van der Waals surface area contributed by atoms with Crippen LogP contribution in [0.1, 0.15) is 72.6 Å². The Kier molecular flexibility index (Phi) is 7.29. The maximum Gasteiger partial charge on any atom is 0.00926 e. The Labute approximate surface area is 115 Å². The monoisotopic (exact) mass is 253 g/mol. The van der Waals surface area contributed by atoms with Gasteiger partial charge in [-0.15, -0.1) is 0 Å². The average Bonchev–Trinajstić information content (AvgIpc) is 2.28. The molecule has 0 saturated heterocycles. The first-order chi connectivity index (χ1) is 8.56. The van der Waals surface area contributed by atoms with Crippen molar-refractivity contribution >= 4 is 0 Å². The van der Waals surface area contributed by atoms with Crippen LogP contribution >= 0.6 is 0 Å². The van der Waals surface area contributed by atoms with Crippen molar-refractivity contribution in [2.75, 3.05) is 7.05 Å². The van der Waals surface area contributed by atoms with Gasteiger partial charge in [0.05, 0.1) is 0 Å². The molecule has 0 aromatic carbocycles. The molecule has 0 radical (unpaired) electrons. The molecule has 1 N–H and O–H groups in total. The first kappa shape index (κ1) is 16.0. The third-order valence-corrected chi connectivity index (χ3v) is 4.74. The van der Waals surface area contributed by atoms with Gasteiger partial charge in [-0.1, -0.05) is 40.5 Å². The third-order valence-electron chi connectivity index (χ3n) is 4.74. The molecule has 108 valence electrons. The Bertz CT molecular complexity index is 212. The Morgan fingerprint density at radius 1 is 1.17 bits per heavy atom. The SMILES string of the molecule is CCCC1CCC(NC)C(CC(C)CC(C)C)C1. The van der Waals surface area contributed by atoms with Crippen LogP contribution in [-0.2, 0) is 0 Å². The van der Waals surface area contributed by atoms with Crippen LogP contribution in [0.25, 0.3) is 0 Å². The summed E-state index contributed by atoms with van der Waals surface area (Å²) in [4.78, 5) is 0. The van der Waals surface area contributed by atoms with Crippen LogP contribution in [-0.4, -0.2) is 13.1 Å².